The molecule has 0 saturated carbocycles. The van der Waals surface area contributed by atoms with E-state index in [1.807, 2.05) is 6.07 Å². The maximum absolute atomic E-state index is 12.3. The second-order valence-corrected chi connectivity index (χ2v) is 4.33. The maximum atomic E-state index is 12.3. The summed E-state index contributed by atoms with van der Waals surface area (Å²) in [5, 5.41) is 0. The van der Waals surface area contributed by atoms with Crippen LogP contribution < -0.4 is 51.4 Å². The Labute approximate surface area is 152 Å². The van der Waals surface area contributed by atoms with Crippen LogP contribution in [0.3, 0.4) is 0 Å². The molecule has 0 atom stereocenters. The number of nitrogens with zero attached hydrogens (tertiary/aromatic N) is 1. The van der Waals surface area contributed by atoms with E-state index in [9.17, 15) is 17.7 Å². The summed E-state index contributed by atoms with van der Waals surface area (Å²) in [5.74, 6) is -1.35. The first-order chi connectivity index (χ1) is 8.47. The van der Waals surface area contributed by atoms with Crippen LogP contribution in [-0.2, 0) is 11.3 Å². The van der Waals surface area contributed by atoms with E-state index in [4.69, 9.17) is 4.74 Å². The molecule has 1 heterocycles. The van der Waals surface area contributed by atoms with Gasteiger partial charge in [0.25, 0.3) is 0 Å². The Bertz CT molecular complexity index is 424. The zero-order valence-corrected chi connectivity index (χ0v) is 13.7. The Morgan fingerprint density at radius 1 is 1.26 bits per heavy atom. The number of carbonyl (C=O) groups excluding carboxylic acids is 1. The summed E-state index contributed by atoms with van der Waals surface area (Å²) in [7, 11) is 0. The predicted octanol–water partition coefficient (Wildman–Crippen LogP) is -0.140. The van der Waals surface area contributed by atoms with Gasteiger partial charge in [0, 0.05) is 13.1 Å². The first-order valence-corrected chi connectivity index (χ1v) is 5.62. The fourth-order valence-electron chi connectivity index (χ4n) is 1.71. The summed E-state index contributed by atoms with van der Waals surface area (Å²) in [6, 6.07) is 9.00. The van der Waals surface area contributed by atoms with Crippen molar-refractivity contribution in [3.63, 3.8) is 0 Å². The molecule has 1 aliphatic heterocycles. The molecule has 0 aromatic heterocycles. The molecular formula is C11H12BF3KNO2. The third-order valence-electron chi connectivity index (χ3n) is 2.91. The van der Waals surface area contributed by atoms with Crippen molar-refractivity contribution >= 4 is 13.1 Å². The van der Waals surface area contributed by atoms with E-state index in [1.165, 1.54) is 0 Å². The average molecular weight is 297 g/mol. The standard InChI is InChI=1S/C11H12BF3NO2.K/c13-12(14,15)10-6-16(7-10)11(17)18-8-9-4-2-1-3-5-9;/h1-5,10H,6-8H2;/q-1;+1. The van der Waals surface area contributed by atoms with E-state index >= 15 is 0 Å². The number of hydrogen-bond donors (Lipinski definition) is 0. The van der Waals surface area contributed by atoms with Gasteiger partial charge in [-0.3, -0.25) is 0 Å². The number of amides is 1. The van der Waals surface area contributed by atoms with Gasteiger partial charge in [-0.15, -0.1) is 0 Å². The number of hydrogen-bond acceptors (Lipinski definition) is 2. The molecule has 1 aromatic rings. The molecule has 1 aromatic carbocycles. The number of benzene rings is 1. The van der Waals surface area contributed by atoms with Crippen LogP contribution in [0.2, 0.25) is 5.82 Å². The van der Waals surface area contributed by atoms with Crippen LogP contribution in [0, 0.1) is 0 Å². The van der Waals surface area contributed by atoms with Gasteiger partial charge in [0.05, 0.1) is 0 Å². The second kappa shape index (κ2) is 7.12. The van der Waals surface area contributed by atoms with Crippen LogP contribution >= 0.6 is 0 Å². The Morgan fingerprint density at radius 2 is 1.84 bits per heavy atom. The summed E-state index contributed by atoms with van der Waals surface area (Å²) in [6.07, 6.45) is -0.685. The van der Waals surface area contributed by atoms with Gasteiger partial charge in [0.15, 0.2) is 0 Å². The van der Waals surface area contributed by atoms with Crippen LogP contribution in [0.4, 0.5) is 17.7 Å². The average Bonchev–Trinajstić information content (AvgIpc) is 2.24. The van der Waals surface area contributed by atoms with Gasteiger partial charge in [-0.1, -0.05) is 30.3 Å². The van der Waals surface area contributed by atoms with Crippen molar-refractivity contribution in [3.05, 3.63) is 35.9 Å². The molecule has 3 nitrogen and oxygen atoms in total. The number of rotatable bonds is 3. The molecule has 0 unspecified atom stereocenters. The minimum atomic E-state index is -4.84. The van der Waals surface area contributed by atoms with E-state index < -0.39 is 18.9 Å². The Hall–Kier alpha value is -0.0187. The summed E-state index contributed by atoms with van der Waals surface area (Å²) in [4.78, 5) is 12.5. The van der Waals surface area contributed by atoms with E-state index in [0.717, 1.165) is 10.5 Å². The van der Waals surface area contributed by atoms with Gasteiger partial charge in [0.1, 0.15) is 6.61 Å². The van der Waals surface area contributed by atoms with Crippen molar-refractivity contribution in [3.8, 4) is 0 Å². The van der Waals surface area contributed by atoms with Crippen molar-refractivity contribution in [2.24, 2.45) is 0 Å². The minimum Gasteiger partial charge on any atom is -0.449 e. The number of ether oxygens (including phenoxy) is 1. The maximum Gasteiger partial charge on any atom is 1.00 e. The molecular weight excluding hydrogens is 285 g/mol. The molecule has 0 radical (unpaired) electrons. The van der Waals surface area contributed by atoms with Crippen LogP contribution in [-0.4, -0.2) is 31.1 Å². The SMILES string of the molecule is O=C(OCc1ccccc1)N1CC([B-](F)(F)F)C1.[K+]. The van der Waals surface area contributed by atoms with E-state index in [2.05, 4.69) is 0 Å². The zero-order chi connectivity index (χ0) is 13.2. The molecule has 1 aliphatic rings. The topological polar surface area (TPSA) is 29.5 Å². The summed E-state index contributed by atoms with van der Waals surface area (Å²) in [5.41, 5.74) is 0.808. The number of halogens is 3. The Morgan fingerprint density at radius 3 is 2.37 bits per heavy atom. The molecule has 1 amide bonds. The molecule has 0 spiro atoms. The molecule has 0 aliphatic carbocycles. The Kier molecular flexibility index (Phi) is 6.39. The van der Waals surface area contributed by atoms with Crippen LogP contribution in [0.5, 0.6) is 0 Å². The summed E-state index contributed by atoms with van der Waals surface area (Å²) in [6.45, 7) is -5.32. The first kappa shape index (κ1) is 17.0. The van der Waals surface area contributed by atoms with Crippen LogP contribution in [0.15, 0.2) is 30.3 Å². The van der Waals surface area contributed by atoms with Crippen molar-refractivity contribution < 1.29 is 73.9 Å². The number of carbonyl (C=O) groups is 1. The van der Waals surface area contributed by atoms with Crippen LogP contribution in [0.25, 0.3) is 0 Å². The predicted molar refractivity (Wildman–Crippen MR) is 61.0 cm³/mol. The molecule has 2 rings (SSSR count). The molecule has 98 valence electrons. The monoisotopic (exact) mass is 297 g/mol. The third kappa shape index (κ3) is 4.78. The third-order valence-corrected chi connectivity index (χ3v) is 2.91. The van der Waals surface area contributed by atoms with E-state index in [-0.39, 0.29) is 71.1 Å². The fourth-order valence-corrected chi connectivity index (χ4v) is 1.71. The van der Waals surface area contributed by atoms with Gasteiger partial charge >= 0.3 is 64.5 Å². The molecule has 0 bridgehead atoms. The first-order valence-electron chi connectivity index (χ1n) is 5.62. The van der Waals surface area contributed by atoms with Gasteiger partial charge in [-0.05, 0) is 11.4 Å². The Balaban J connectivity index is 0.00000180. The quantitative estimate of drug-likeness (QED) is 0.727. The van der Waals surface area contributed by atoms with E-state index in [1.54, 1.807) is 24.3 Å². The molecule has 8 heteroatoms. The smallest absolute Gasteiger partial charge is 0.449 e. The van der Waals surface area contributed by atoms with Crippen LogP contribution in [0.1, 0.15) is 5.56 Å². The fraction of sp³-hybridized carbons (Fsp3) is 0.364. The van der Waals surface area contributed by atoms with E-state index in [0.29, 0.717) is 0 Å². The van der Waals surface area contributed by atoms with Crippen molar-refractivity contribution in [1.29, 1.82) is 0 Å². The number of likely N-dealkylation sites (tertiary alicyclic amines) is 1. The molecule has 1 saturated heterocycles. The second-order valence-electron chi connectivity index (χ2n) is 4.33. The molecule has 0 N–H and O–H groups in total. The largest absolute Gasteiger partial charge is 1.00 e. The van der Waals surface area contributed by atoms with Gasteiger partial charge in [-0.25, -0.2) is 4.79 Å². The van der Waals surface area contributed by atoms with Crippen molar-refractivity contribution in [2.45, 2.75) is 12.4 Å². The van der Waals surface area contributed by atoms with Crippen molar-refractivity contribution in [2.75, 3.05) is 13.1 Å². The normalized spacial score (nSPS) is 15.4. The van der Waals surface area contributed by atoms with Gasteiger partial charge in [-0.2, -0.15) is 0 Å². The zero-order valence-electron chi connectivity index (χ0n) is 10.6. The summed E-state index contributed by atoms with van der Waals surface area (Å²) < 4.78 is 41.7. The molecule has 19 heavy (non-hydrogen) atoms. The van der Waals surface area contributed by atoms with Gasteiger partial charge in [0.2, 0.25) is 0 Å². The minimum absolute atomic E-state index is 0. The summed E-state index contributed by atoms with van der Waals surface area (Å²) >= 11 is 0. The molecule has 1 fully saturated rings. The van der Waals surface area contributed by atoms with Gasteiger partial charge < -0.3 is 22.6 Å². The van der Waals surface area contributed by atoms with Crippen molar-refractivity contribution in [1.82, 2.24) is 4.90 Å².